The number of hydrogen-bond acceptors (Lipinski definition) is 5. The second-order valence-electron chi connectivity index (χ2n) is 4.88. The van der Waals surface area contributed by atoms with Crippen LogP contribution >= 0.6 is 11.3 Å². The fourth-order valence-electron chi connectivity index (χ4n) is 2.24. The van der Waals surface area contributed by atoms with Crippen LogP contribution in [0.2, 0.25) is 0 Å². The molecule has 0 saturated carbocycles. The van der Waals surface area contributed by atoms with Gasteiger partial charge in [-0.3, -0.25) is 10.1 Å². The molecule has 0 aliphatic carbocycles. The molecule has 0 atom stereocenters. The molecule has 23 heavy (non-hydrogen) atoms. The summed E-state index contributed by atoms with van der Waals surface area (Å²) in [5, 5.41) is 3.43. The van der Waals surface area contributed by atoms with Crippen LogP contribution in [0.5, 0.6) is 0 Å². The van der Waals surface area contributed by atoms with Crippen LogP contribution in [0.4, 0.5) is 5.13 Å². The number of amides is 1. The minimum atomic E-state index is -0.187. The Morgan fingerprint density at radius 3 is 2.65 bits per heavy atom. The molecule has 2 aromatic carbocycles. The van der Waals surface area contributed by atoms with Gasteiger partial charge in [0.05, 0.1) is 16.4 Å². The smallest absolute Gasteiger partial charge is 0.257 e. The monoisotopic (exact) mass is 321 g/mol. The summed E-state index contributed by atoms with van der Waals surface area (Å²) in [5.74, 6) is 0.483. The first-order chi connectivity index (χ1) is 11.3. The van der Waals surface area contributed by atoms with E-state index < -0.39 is 0 Å². The van der Waals surface area contributed by atoms with E-state index in [9.17, 15) is 4.79 Å². The molecule has 0 spiro atoms. The highest BCUT2D eigenvalue weighted by Crippen LogP contribution is 2.26. The summed E-state index contributed by atoms with van der Waals surface area (Å²) < 4.78 is 6.27. The van der Waals surface area contributed by atoms with Gasteiger partial charge in [-0.05, 0) is 24.3 Å². The fraction of sp³-hybridized carbons (Fsp3) is 0. The van der Waals surface area contributed by atoms with Crippen LogP contribution in [0.1, 0.15) is 10.4 Å². The van der Waals surface area contributed by atoms with Crippen molar-refractivity contribution in [1.82, 2.24) is 9.97 Å². The summed E-state index contributed by atoms with van der Waals surface area (Å²) in [6.45, 7) is 0. The summed E-state index contributed by atoms with van der Waals surface area (Å²) in [5.41, 5.74) is 2.32. The second kappa shape index (κ2) is 5.66. The summed E-state index contributed by atoms with van der Waals surface area (Å²) in [4.78, 5) is 20.6. The van der Waals surface area contributed by atoms with Crippen molar-refractivity contribution in [3.05, 3.63) is 66.7 Å². The number of benzene rings is 2. The van der Waals surface area contributed by atoms with E-state index in [1.807, 2.05) is 36.4 Å². The van der Waals surface area contributed by atoms with Crippen LogP contribution < -0.4 is 5.32 Å². The Balaban J connectivity index is 1.54. The second-order valence-corrected chi connectivity index (χ2v) is 5.91. The Bertz CT molecular complexity index is 926. The number of carbonyl (C=O) groups is 1. The molecular formula is C17H11N3O2S. The third kappa shape index (κ3) is 2.72. The molecule has 1 N–H and O–H groups in total. The number of oxazole rings is 1. The molecule has 0 bridgehead atoms. The van der Waals surface area contributed by atoms with E-state index in [0.717, 1.165) is 15.8 Å². The Hall–Kier alpha value is -2.99. The highest BCUT2D eigenvalue weighted by Gasteiger charge is 2.10. The normalized spacial score (nSPS) is 10.8. The Labute approximate surface area is 135 Å². The van der Waals surface area contributed by atoms with E-state index in [4.69, 9.17) is 4.42 Å². The van der Waals surface area contributed by atoms with Crippen molar-refractivity contribution < 1.29 is 9.21 Å². The van der Waals surface area contributed by atoms with Crippen molar-refractivity contribution in [2.24, 2.45) is 0 Å². The van der Waals surface area contributed by atoms with Gasteiger partial charge < -0.3 is 4.42 Å². The van der Waals surface area contributed by atoms with E-state index >= 15 is 0 Å². The van der Waals surface area contributed by atoms with Crippen LogP contribution in [0, 0.1) is 0 Å². The number of hydrogen-bond donors (Lipinski definition) is 1. The zero-order chi connectivity index (χ0) is 15.6. The maximum absolute atomic E-state index is 12.3. The van der Waals surface area contributed by atoms with Gasteiger partial charge >= 0.3 is 0 Å². The van der Waals surface area contributed by atoms with Gasteiger partial charge in [-0.2, -0.15) is 0 Å². The van der Waals surface area contributed by atoms with Gasteiger partial charge in [-0.15, -0.1) is 0 Å². The zero-order valence-corrected chi connectivity index (χ0v) is 12.7. The fourth-order valence-corrected chi connectivity index (χ4v) is 3.10. The van der Waals surface area contributed by atoms with Crippen molar-refractivity contribution in [2.45, 2.75) is 0 Å². The molecule has 0 fully saturated rings. The number of rotatable bonds is 3. The molecule has 4 aromatic rings. The van der Waals surface area contributed by atoms with Crippen molar-refractivity contribution in [1.29, 1.82) is 0 Å². The van der Waals surface area contributed by atoms with E-state index in [1.54, 1.807) is 18.3 Å². The number of carbonyl (C=O) groups excluding carboxylic acids is 1. The van der Waals surface area contributed by atoms with E-state index in [0.29, 0.717) is 16.5 Å². The number of nitrogens with zero attached hydrogens (tertiary/aromatic N) is 2. The first kappa shape index (κ1) is 13.7. The van der Waals surface area contributed by atoms with E-state index in [1.165, 1.54) is 17.7 Å². The van der Waals surface area contributed by atoms with E-state index in [2.05, 4.69) is 15.3 Å². The Morgan fingerprint density at radius 2 is 1.91 bits per heavy atom. The quantitative estimate of drug-likeness (QED) is 0.614. The maximum Gasteiger partial charge on any atom is 0.257 e. The number of nitrogens with one attached hydrogen (secondary N) is 1. The average molecular weight is 321 g/mol. The Morgan fingerprint density at radius 1 is 1.09 bits per heavy atom. The number of para-hydroxylation sites is 1. The summed E-state index contributed by atoms with van der Waals surface area (Å²) in [6, 6.07) is 14.9. The van der Waals surface area contributed by atoms with Crippen molar-refractivity contribution in [3.8, 4) is 11.3 Å². The molecule has 5 nitrogen and oxygen atoms in total. The predicted molar refractivity (Wildman–Crippen MR) is 89.5 cm³/mol. The minimum absolute atomic E-state index is 0.187. The number of anilines is 1. The highest BCUT2D eigenvalue weighted by molar-refractivity contribution is 7.22. The third-order valence-electron chi connectivity index (χ3n) is 3.38. The summed E-state index contributed by atoms with van der Waals surface area (Å²) in [7, 11) is 0. The minimum Gasteiger partial charge on any atom is -0.444 e. The molecule has 1 amide bonds. The average Bonchev–Trinajstić information content (AvgIpc) is 3.24. The molecule has 0 aliphatic heterocycles. The topological polar surface area (TPSA) is 68.0 Å². The van der Waals surface area contributed by atoms with Crippen LogP contribution in [0.25, 0.3) is 21.5 Å². The summed E-state index contributed by atoms with van der Waals surface area (Å²) >= 11 is 1.46. The van der Waals surface area contributed by atoms with Gasteiger partial charge in [0.1, 0.15) is 0 Å². The molecule has 0 saturated heterocycles. The van der Waals surface area contributed by atoms with E-state index in [-0.39, 0.29) is 5.91 Å². The van der Waals surface area contributed by atoms with Crippen molar-refractivity contribution >= 4 is 32.6 Å². The lowest BCUT2D eigenvalue weighted by molar-refractivity contribution is 0.102. The molecular weight excluding hydrogens is 310 g/mol. The van der Waals surface area contributed by atoms with Crippen molar-refractivity contribution in [2.75, 3.05) is 5.32 Å². The molecule has 0 radical (unpaired) electrons. The summed E-state index contributed by atoms with van der Waals surface area (Å²) in [6.07, 6.45) is 3.01. The first-order valence-electron chi connectivity index (χ1n) is 6.95. The van der Waals surface area contributed by atoms with Crippen LogP contribution in [0.3, 0.4) is 0 Å². The zero-order valence-electron chi connectivity index (χ0n) is 11.9. The van der Waals surface area contributed by atoms with Gasteiger partial charge in [-0.25, -0.2) is 9.97 Å². The van der Waals surface area contributed by atoms with Gasteiger partial charge in [0.2, 0.25) is 0 Å². The van der Waals surface area contributed by atoms with Crippen LogP contribution in [-0.4, -0.2) is 15.9 Å². The highest BCUT2D eigenvalue weighted by atomic mass is 32.1. The van der Waals surface area contributed by atoms with Gasteiger partial charge in [-0.1, -0.05) is 35.6 Å². The third-order valence-corrected chi connectivity index (χ3v) is 4.33. The van der Waals surface area contributed by atoms with Crippen LogP contribution in [0.15, 0.2) is 65.5 Å². The Kier molecular flexibility index (Phi) is 3.36. The molecule has 0 unspecified atom stereocenters. The van der Waals surface area contributed by atoms with Gasteiger partial charge in [0, 0.05) is 11.1 Å². The SMILES string of the molecule is O=C(Nc1nc2ccccc2s1)c1ccc(-c2cnco2)cc1. The number of fused-ring (bicyclic) bond motifs is 1. The maximum atomic E-state index is 12.3. The molecule has 6 heteroatoms. The lowest BCUT2D eigenvalue weighted by Gasteiger charge is -2.02. The molecule has 4 rings (SSSR count). The standard InChI is InChI=1S/C17H11N3O2S/c21-16(20-17-19-13-3-1-2-4-15(13)23-17)12-7-5-11(6-8-12)14-9-18-10-22-14/h1-10H,(H,19,20,21). The number of thiazole rings is 1. The van der Waals surface area contributed by atoms with Gasteiger partial charge in [0.25, 0.3) is 5.91 Å². The van der Waals surface area contributed by atoms with Gasteiger partial charge in [0.15, 0.2) is 17.3 Å². The number of aromatic nitrogens is 2. The first-order valence-corrected chi connectivity index (χ1v) is 7.77. The largest absolute Gasteiger partial charge is 0.444 e. The molecule has 0 aliphatic rings. The molecule has 2 aromatic heterocycles. The lowest BCUT2D eigenvalue weighted by Crippen LogP contribution is -2.11. The predicted octanol–water partition coefficient (Wildman–Crippen LogP) is 4.20. The lowest BCUT2D eigenvalue weighted by atomic mass is 10.1. The van der Waals surface area contributed by atoms with Crippen LogP contribution in [-0.2, 0) is 0 Å². The molecule has 2 heterocycles. The molecule has 112 valence electrons. The van der Waals surface area contributed by atoms with Crippen molar-refractivity contribution in [3.63, 3.8) is 0 Å².